The third-order valence-corrected chi connectivity index (χ3v) is 12.8. The highest BCUT2D eigenvalue weighted by molar-refractivity contribution is 6.27. The Hall–Kier alpha value is -8.27. The molecule has 0 aliphatic heterocycles. The number of hydrogen-bond donors (Lipinski definition) is 0. The van der Waals surface area contributed by atoms with Crippen LogP contribution in [0.4, 0.5) is 18.9 Å². The summed E-state index contributed by atoms with van der Waals surface area (Å²) >= 11 is 0. The molecule has 0 radical (unpaired) electrons. The molecule has 12 rings (SSSR count). The molecule has 4 aromatic heterocycles. The van der Waals surface area contributed by atoms with Crippen LogP contribution in [0.2, 0.25) is 0 Å². The van der Waals surface area contributed by atoms with Crippen molar-refractivity contribution in [2.45, 2.75) is 6.18 Å². The zero-order valence-corrected chi connectivity index (χ0v) is 33.3. The van der Waals surface area contributed by atoms with Crippen molar-refractivity contribution in [3.63, 3.8) is 0 Å². The maximum absolute atomic E-state index is 14.8. The van der Waals surface area contributed by atoms with Crippen LogP contribution in [0, 0.1) is 17.9 Å². The van der Waals surface area contributed by atoms with Gasteiger partial charge >= 0.3 is 6.18 Å². The molecule has 9 heteroatoms. The van der Waals surface area contributed by atoms with Crippen molar-refractivity contribution in [3.8, 4) is 28.6 Å². The van der Waals surface area contributed by atoms with E-state index in [-0.39, 0.29) is 11.3 Å². The molecular formula is C53H31F3N6. The van der Waals surface area contributed by atoms with Crippen molar-refractivity contribution in [2.24, 2.45) is 14.1 Å². The van der Waals surface area contributed by atoms with E-state index < -0.39 is 11.7 Å². The highest BCUT2D eigenvalue weighted by atomic mass is 19.4. The van der Waals surface area contributed by atoms with Crippen LogP contribution in [-0.2, 0) is 20.3 Å². The molecule has 0 saturated carbocycles. The Balaban J connectivity index is 1.30. The summed E-state index contributed by atoms with van der Waals surface area (Å²) in [5.41, 5.74) is 8.43. The Kier molecular flexibility index (Phi) is 7.26. The molecule has 0 bridgehead atoms. The molecule has 0 saturated heterocycles. The third-order valence-electron chi connectivity index (χ3n) is 12.8. The van der Waals surface area contributed by atoms with Gasteiger partial charge in [-0.15, -0.1) is 0 Å². The van der Waals surface area contributed by atoms with E-state index >= 15 is 0 Å². The lowest BCUT2D eigenvalue weighted by Crippen LogP contribution is -2.06. The number of rotatable bonds is 3. The van der Waals surface area contributed by atoms with E-state index in [0.29, 0.717) is 22.5 Å². The van der Waals surface area contributed by atoms with Gasteiger partial charge in [-0.2, -0.15) is 18.4 Å². The van der Waals surface area contributed by atoms with Gasteiger partial charge in [0.05, 0.1) is 56.6 Å². The van der Waals surface area contributed by atoms with E-state index in [1.807, 2.05) is 86.9 Å². The molecular weight excluding hydrogens is 778 g/mol. The summed E-state index contributed by atoms with van der Waals surface area (Å²) in [7, 11) is 4.07. The SMILES string of the molecule is [C-]#[N+]c1cc(-c2cc(-n3c4ccccc4c4ccc5c(c6ccccc6n5C)c43)c(C#N)cc2-n2c3ccccc3c3ccc4c(c5ccccc5n4C)c32)cc(C(F)(F)F)c1. The van der Waals surface area contributed by atoms with E-state index in [9.17, 15) is 18.4 Å². The molecule has 0 aliphatic rings. The minimum Gasteiger partial charge on any atom is -0.344 e. The van der Waals surface area contributed by atoms with Crippen molar-refractivity contribution in [3.05, 3.63) is 174 Å². The highest BCUT2D eigenvalue weighted by Crippen LogP contribution is 2.47. The fourth-order valence-electron chi connectivity index (χ4n) is 10.2. The van der Waals surface area contributed by atoms with Crippen LogP contribution < -0.4 is 0 Å². The first kappa shape index (κ1) is 35.7. The number of halogens is 3. The highest BCUT2D eigenvalue weighted by Gasteiger charge is 2.32. The normalized spacial score (nSPS) is 12.2. The minimum atomic E-state index is -4.72. The molecule has 0 unspecified atom stereocenters. The molecule has 8 aromatic carbocycles. The van der Waals surface area contributed by atoms with Gasteiger partial charge in [0.25, 0.3) is 0 Å². The Morgan fingerprint density at radius 2 is 1.00 bits per heavy atom. The van der Waals surface area contributed by atoms with Crippen LogP contribution in [0.1, 0.15) is 11.1 Å². The summed E-state index contributed by atoms with van der Waals surface area (Å²) in [5.74, 6) is 0. The fourth-order valence-corrected chi connectivity index (χ4v) is 10.2. The minimum absolute atomic E-state index is 0.139. The van der Waals surface area contributed by atoms with Crippen molar-refractivity contribution in [2.75, 3.05) is 0 Å². The first-order chi connectivity index (χ1) is 30.2. The monoisotopic (exact) mass is 808 g/mol. The van der Waals surface area contributed by atoms with E-state index in [1.54, 1.807) is 0 Å². The third kappa shape index (κ3) is 4.73. The predicted molar refractivity (Wildman–Crippen MR) is 245 cm³/mol. The van der Waals surface area contributed by atoms with Gasteiger partial charge in [0.15, 0.2) is 5.69 Å². The molecule has 0 aliphatic carbocycles. The molecule has 0 N–H and O–H groups in total. The maximum atomic E-state index is 14.8. The molecule has 0 amide bonds. The molecule has 12 aromatic rings. The van der Waals surface area contributed by atoms with Gasteiger partial charge in [-0.25, -0.2) is 4.85 Å². The maximum Gasteiger partial charge on any atom is 0.415 e. The molecule has 6 nitrogen and oxygen atoms in total. The van der Waals surface area contributed by atoms with Crippen LogP contribution in [0.15, 0.2) is 152 Å². The Morgan fingerprint density at radius 1 is 0.516 bits per heavy atom. The van der Waals surface area contributed by atoms with Crippen LogP contribution in [0.25, 0.3) is 115 Å². The Morgan fingerprint density at radius 3 is 1.50 bits per heavy atom. The summed E-state index contributed by atoms with van der Waals surface area (Å²) in [6.45, 7) is 7.93. The predicted octanol–water partition coefficient (Wildman–Crippen LogP) is 14.3. The summed E-state index contributed by atoms with van der Waals surface area (Å²) in [6.07, 6.45) is -4.72. The van der Waals surface area contributed by atoms with Gasteiger partial charge < -0.3 is 18.3 Å². The van der Waals surface area contributed by atoms with Crippen LogP contribution in [-0.4, -0.2) is 18.3 Å². The van der Waals surface area contributed by atoms with Crippen molar-refractivity contribution in [1.82, 2.24) is 18.3 Å². The second-order valence-corrected chi connectivity index (χ2v) is 15.9. The molecule has 0 spiro atoms. The van der Waals surface area contributed by atoms with Crippen molar-refractivity contribution >= 4 is 92.9 Å². The first-order valence-corrected chi connectivity index (χ1v) is 20.1. The van der Waals surface area contributed by atoms with E-state index in [1.165, 1.54) is 6.07 Å². The number of fused-ring (bicyclic) bond motifs is 14. The second-order valence-electron chi connectivity index (χ2n) is 15.9. The topological polar surface area (TPSA) is 47.9 Å². The number of benzene rings is 8. The summed E-state index contributed by atoms with van der Waals surface area (Å²) in [4.78, 5) is 3.53. The number of nitrogens with zero attached hydrogens (tertiary/aromatic N) is 6. The van der Waals surface area contributed by atoms with Gasteiger partial charge in [0, 0.05) is 79.3 Å². The number of para-hydroxylation sites is 4. The molecule has 0 fully saturated rings. The van der Waals surface area contributed by atoms with Gasteiger partial charge in [0.1, 0.15) is 6.07 Å². The van der Waals surface area contributed by atoms with E-state index in [0.717, 1.165) is 99.4 Å². The van der Waals surface area contributed by atoms with Gasteiger partial charge in [-0.3, -0.25) is 0 Å². The summed E-state index contributed by atoms with van der Waals surface area (Å²) in [5, 5.41) is 19.3. The Bertz CT molecular complexity index is 4030. The lowest BCUT2D eigenvalue weighted by atomic mass is 9.96. The lowest BCUT2D eigenvalue weighted by molar-refractivity contribution is -0.137. The molecule has 0 atom stereocenters. The van der Waals surface area contributed by atoms with Gasteiger partial charge in [-0.05, 0) is 72.3 Å². The van der Waals surface area contributed by atoms with Crippen molar-refractivity contribution < 1.29 is 13.2 Å². The average molecular weight is 809 g/mol. The number of aromatic nitrogens is 4. The molecule has 62 heavy (non-hydrogen) atoms. The Labute approximate surface area is 351 Å². The number of hydrogen-bond acceptors (Lipinski definition) is 1. The first-order valence-electron chi connectivity index (χ1n) is 20.1. The largest absolute Gasteiger partial charge is 0.415 e. The smallest absolute Gasteiger partial charge is 0.344 e. The average Bonchev–Trinajstić information content (AvgIpc) is 4.00. The van der Waals surface area contributed by atoms with Crippen LogP contribution in [0.3, 0.4) is 0 Å². The molecule has 4 heterocycles. The zero-order valence-electron chi connectivity index (χ0n) is 33.3. The van der Waals surface area contributed by atoms with Crippen LogP contribution in [0.5, 0.6) is 0 Å². The number of alkyl halides is 3. The fraction of sp³-hybridized carbons (Fsp3) is 0.0566. The molecule has 294 valence electrons. The lowest BCUT2D eigenvalue weighted by Gasteiger charge is -2.20. The number of nitriles is 1. The summed E-state index contributed by atoms with van der Waals surface area (Å²) < 4.78 is 52.9. The van der Waals surface area contributed by atoms with Crippen molar-refractivity contribution in [1.29, 1.82) is 5.26 Å². The zero-order chi connectivity index (χ0) is 42.2. The number of aryl methyl sites for hydroxylation is 2. The van der Waals surface area contributed by atoms with Gasteiger partial charge in [0.2, 0.25) is 0 Å². The second kappa shape index (κ2) is 12.6. The van der Waals surface area contributed by atoms with E-state index in [4.69, 9.17) is 6.57 Å². The standard InChI is InChI=1S/C53H31F3N6/c1-58-33-25-30(24-32(27-33)53(54,55)56)40-28-47(61-43-18-10-4-12-34(43)36-20-22-45-49(51(36)61)38-14-6-8-16-41(38)59(45)2)31(29-57)26-48(40)62-44-19-11-5-13-35(44)37-21-23-46-50(52(37)62)39-15-7-9-17-42(39)60(46)3/h4-28H,2-3H3. The quantitative estimate of drug-likeness (QED) is 0.164. The van der Waals surface area contributed by atoms with E-state index in [2.05, 4.69) is 89.8 Å². The summed E-state index contributed by atoms with van der Waals surface area (Å²) in [6, 6.07) is 50.6. The van der Waals surface area contributed by atoms with Gasteiger partial charge in [-0.1, -0.05) is 84.9 Å². The van der Waals surface area contributed by atoms with Crippen LogP contribution >= 0.6 is 0 Å².